The fourth-order valence-electron chi connectivity index (χ4n) is 2.35. The Morgan fingerprint density at radius 2 is 2.25 bits per heavy atom. The summed E-state index contributed by atoms with van der Waals surface area (Å²) in [6.45, 7) is 1.71. The predicted octanol–water partition coefficient (Wildman–Crippen LogP) is 1.20. The number of ether oxygens (including phenoxy) is 1. The van der Waals surface area contributed by atoms with Gasteiger partial charge in [-0.05, 0) is 28.8 Å². The van der Waals surface area contributed by atoms with E-state index in [1.54, 1.807) is 13.3 Å². The van der Waals surface area contributed by atoms with Crippen molar-refractivity contribution in [2.75, 3.05) is 26.8 Å². The summed E-state index contributed by atoms with van der Waals surface area (Å²) in [5, 5.41) is 4.30. The van der Waals surface area contributed by atoms with Gasteiger partial charge in [0, 0.05) is 26.4 Å². The number of likely N-dealkylation sites (tertiary alicyclic amines) is 1. The van der Waals surface area contributed by atoms with Crippen molar-refractivity contribution < 1.29 is 9.53 Å². The molecule has 2 N–H and O–H groups in total. The summed E-state index contributed by atoms with van der Waals surface area (Å²) in [6, 6.07) is -0.200. The van der Waals surface area contributed by atoms with E-state index >= 15 is 0 Å². The fraction of sp³-hybridized carbons (Fsp3) is 0.667. The van der Waals surface area contributed by atoms with E-state index in [1.165, 1.54) is 0 Å². The summed E-state index contributed by atoms with van der Waals surface area (Å²) >= 11 is 3.39. The second kappa shape index (κ2) is 7.97. The van der Waals surface area contributed by atoms with Crippen molar-refractivity contribution in [2.45, 2.75) is 24.9 Å². The molecule has 0 aliphatic carbocycles. The van der Waals surface area contributed by atoms with E-state index < -0.39 is 6.04 Å². The molecule has 20 heavy (non-hydrogen) atoms. The maximum atomic E-state index is 12.0. The first-order valence-corrected chi connectivity index (χ1v) is 7.14. The second-order valence-electron chi connectivity index (χ2n) is 4.76. The van der Waals surface area contributed by atoms with Crippen LogP contribution in [0, 0.1) is 0 Å². The molecule has 1 atom stereocenters. The van der Waals surface area contributed by atoms with E-state index in [9.17, 15) is 4.79 Å². The van der Waals surface area contributed by atoms with Crippen molar-refractivity contribution >= 4 is 34.2 Å². The van der Waals surface area contributed by atoms with E-state index in [1.807, 2.05) is 15.8 Å². The number of hydrogen-bond acceptors (Lipinski definition) is 4. The zero-order chi connectivity index (χ0) is 13.8. The molecule has 1 unspecified atom stereocenters. The van der Waals surface area contributed by atoms with Crippen LogP contribution in [0.4, 0.5) is 0 Å². The molecule has 0 saturated carbocycles. The van der Waals surface area contributed by atoms with Gasteiger partial charge in [0.2, 0.25) is 5.91 Å². The third-order valence-corrected chi connectivity index (χ3v) is 3.79. The predicted molar refractivity (Wildman–Crippen MR) is 81.9 cm³/mol. The minimum Gasteiger partial charge on any atom is -0.383 e. The maximum Gasteiger partial charge on any atom is 0.241 e. The van der Waals surface area contributed by atoms with Crippen molar-refractivity contribution in [1.29, 1.82) is 0 Å². The molecule has 0 aromatic carbocycles. The minimum atomic E-state index is -0.555. The Morgan fingerprint density at radius 3 is 2.75 bits per heavy atom. The molecule has 1 aliphatic heterocycles. The van der Waals surface area contributed by atoms with Crippen LogP contribution < -0.4 is 5.73 Å². The number of aromatic nitrogens is 2. The average Bonchev–Trinajstić information content (AvgIpc) is 2.85. The Morgan fingerprint density at radius 1 is 1.60 bits per heavy atom. The highest BCUT2D eigenvalue weighted by Crippen LogP contribution is 2.23. The van der Waals surface area contributed by atoms with Gasteiger partial charge in [-0.25, -0.2) is 0 Å². The molecule has 1 aromatic heterocycles. The molecule has 6 nitrogen and oxygen atoms in total. The van der Waals surface area contributed by atoms with Gasteiger partial charge in [-0.2, -0.15) is 5.10 Å². The maximum absolute atomic E-state index is 12.0. The molecule has 2 heterocycles. The Bertz CT molecular complexity index is 435. The summed E-state index contributed by atoms with van der Waals surface area (Å²) < 4.78 is 7.86. The molecule has 1 aromatic rings. The number of carbonyl (C=O) groups excluding carboxylic acids is 1. The molecular weight excluding hydrogens is 348 g/mol. The molecule has 0 spiro atoms. The zero-order valence-electron chi connectivity index (χ0n) is 11.4. The highest BCUT2D eigenvalue weighted by atomic mass is 79.9. The van der Waals surface area contributed by atoms with Gasteiger partial charge in [0.1, 0.15) is 6.04 Å². The van der Waals surface area contributed by atoms with E-state index in [2.05, 4.69) is 21.0 Å². The average molecular weight is 368 g/mol. The summed E-state index contributed by atoms with van der Waals surface area (Å²) in [7, 11) is 1.55. The van der Waals surface area contributed by atoms with Gasteiger partial charge in [0.25, 0.3) is 0 Å². The molecule has 114 valence electrons. The van der Waals surface area contributed by atoms with Crippen LogP contribution in [0.3, 0.4) is 0 Å². The number of carbonyl (C=O) groups is 1. The van der Waals surface area contributed by atoms with Crippen LogP contribution in [-0.4, -0.2) is 53.4 Å². The minimum absolute atomic E-state index is 0. The quantitative estimate of drug-likeness (QED) is 0.868. The lowest BCUT2D eigenvalue weighted by Gasteiger charge is -2.33. The molecule has 1 saturated heterocycles. The standard InChI is InChI=1S/C12H19BrN4O2.ClH/c1-19-8-11(14)12(18)16-4-2-10(3-5-16)17-7-9(13)6-15-17;/h6-7,10-11H,2-5,8,14H2,1H3;1H. The molecule has 0 radical (unpaired) electrons. The fourth-order valence-corrected chi connectivity index (χ4v) is 2.65. The van der Waals surface area contributed by atoms with Crippen molar-refractivity contribution in [1.82, 2.24) is 14.7 Å². The molecule has 2 rings (SSSR count). The first-order chi connectivity index (χ1) is 9.11. The second-order valence-corrected chi connectivity index (χ2v) is 5.67. The van der Waals surface area contributed by atoms with E-state index in [0.717, 1.165) is 30.4 Å². The third kappa shape index (κ3) is 4.18. The van der Waals surface area contributed by atoms with Crippen molar-refractivity contribution in [3.63, 3.8) is 0 Å². The molecule has 0 bridgehead atoms. The van der Waals surface area contributed by atoms with Gasteiger partial charge in [-0.15, -0.1) is 12.4 Å². The van der Waals surface area contributed by atoms with Crippen LogP contribution in [0.25, 0.3) is 0 Å². The van der Waals surface area contributed by atoms with Gasteiger partial charge in [-0.1, -0.05) is 0 Å². The van der Waals surface area contributed by atoms with Crippen LogP contribution in [0.2, 0.25) is 0 Å². The normalized spacial score (nSPS) is 17.6. The molecule has 8 heteroatoms. The lowest BCUT2D eigenvalue weighted by Crippen LogP contribution is -2.49. The lowest BCUT2D eigenvalue weighted by atomic mass is 10.0. The number of nitrogens with two attached hydrogens (primary N) is 1. The monoisotopic (exact) mass is 366 g/mol. The van der Waals surface area contributed by atoms with E-state index in [-0.39, 0.29) is 24.9 Å². The molecule has 1 amide bonds. The lowest BCUT2D eigenvalue weighted by molar-refractivity contribution is -0.135. The van der Waals surface area contributed by atoms with Gasteiger partial charge in [0.05, 0.1) is 23.3 Å². The van der Waals surface area contributed by atoms with Gasteiger partial charge < -0.3 is 15.4 Å². The van der Waals surface area contributed by atoms with Gasteiger partial charge in [0.15, 0.2) is 0 Å². The summed E-state index contributed by atoms with van der Waals surface area (Å²) in [5.74, 6) is -0.0260. The van der Waals surface area contributed by atoms with Crippen molar-refractivity contribution in [2.24, 2.45) is 5.73 Å². The van der Waals surface area contributed by atoms with Crippen LogP contribution in [0.15, 0.2) is 16.9 Å². The number of nitrogens with zero attached hydrogens (tertiary/aromatic N) is 3. The van der Waals surface area contributed by atoms with Crippen LogP contribution in [-0.2, 0) is 9.53 Å². The highest BCUT2D eigenvalue weighted by Gasteiger charge is 2.27. The highest BCUT2D eigenvalue weighted by molar-refractivity contribution is 9.10. The van der Waals surface area contributed by atoms with E-state index in [4.69, 9.17) is 10.5 Å². The third-order valence-electron chi connectivity index (χ3n) is 3.38. The number of rotatable bonds is 4. The van der Waals surface area contributed by atoms with Crippen LogP contribution >= 0.6 is 28.3 Å². The number of hydrogen-bond donors (Lipinski definition) is 1. The van der Waals surface area contributed by atoms with Crippen LogP contribution in [0.5, 0.6) is 0 Å². The molecule has 1 aliphatic rings. The topological polar surface area (TPSA) is 73.4 Å². The number of halogens is 2. The van der Waals surface area contributed by atoms with Crippen LogP contribution in [0.1, 0.15) is 18.9 Å². The smallest absolute Gasteiger partial charge is 0.241 e. The van der Waals surface area contributed by atoms with Crippen molar-refractivity contribution in [3.8, 4) is 0 Å². The largest absolute Gasteiger partial charge is 0.383 e. The number of piperidine rings is 1. The SMILES string of the molecule is COCC(N)C(=O)N1CCC(n2cc(Br)cn2)CC1.Cl. The summed E-state index contributed by atoms with van der Waals surface area (Å²) in [5.41, 5.74) is 5.77. The Kier molecular flexibility index (Phi) is 6.94. The number of amides is 1. The van der Waals surface area contributed by atoms with Gasteiger partial charge >= 0.3 is 0 Å². The summed E-state index contributed by atoms with van der Waals surface area (Å²) in [4.78, 5) is 13.8. The molecule has 1 fully saturated rings. The Hall–Kier alpha value is -0.630. The first kappa shape index (κ1) is 17.4. The molecular formula is C12H20BrClN4O2. The van der Waals surface area contributed by atoms with Crippen molar-refractivity contribution in [3.05, 3.63) is 16.9 Å². The zero-order valence-corrected chi connectivity index (χ0v) is 13.8. The first-order valence-electron chi connectivity index (χ1n) is 6.34. The van der Waals surface area contributed by atoms with E-state index in [0.29, 0.717) is 6.04 Å². The Balaban J connectivity index is 0.00000200. The Labute approximate surface area is 133 Å². The van der Waals surface area contributed by atoms with Gasteiger partial charge in [-0.3, -0.25) is 9.48 Å². The summed E-state index contributed by atoms with van der Waals surface area (Å²) in [6.07, 6.45) is 5.56. The number of methoxy groups -OCH3 is 1.